The smallest absolute Gasteiger partial charge is 0.247 e. The van der Waals surface area contributed by atoms with Crippen molar-refractivity contribution in [1.29, 1.82) is 0 Å². The average molecular weight is 276 g/mol. The molecule has 0 radical (unpaired) electrons. The van der Waals surface area contributed by atoms with Crippen LogP contribution in [0.5, 0.6) is 0 Å². The second-order valence-electron chi connectivity index (χ2n) is 6.48. The highest BCUT2D eigenvalue weighted by Gasteiger charge is 2.28. The predicted octanol–water partition coefficient (Wildman–Crippen LogP) is 1.33. The molecule has 5 heteroatoms. The van der Waals surface area contributed by atoms with E-state index in [2.05, 4.69) is 36.4 Å². The molecule has 1 atom stereocenters. The van der Waals surface area contributed by atoms with Gasteiger partial charge in [-0.2, -0.15) is 0 Å². The lowest BCUT2D eigenvalue weighted by molar-refractivity contribution is -0.119. The molecule has 0 bridgehead atoms. The largest absolute Gasteiger partial charge is 0.347 e. The van der Waals surface area contributed by atoms with E-state index >= 15 is 0 Å². The van der Waals surface area contributed by atoms with Gasteiger partial charge < -0.3 is 15.2 Å². The molecule has 1 unspecified atom stereocenters. The molecular weight excluding hydrogens is 252 g/mol. The second-order valence-corrected chi connectivity index (χ2v) is 6.48. The highest BCUT2D eigenvalue weighted by atomic mass is 16.1. The van der Waals surface area contributed by atoms with Crippen molar-refractivity contribution < 1.29 is 4.79 Å². The molecule has 1 saturated heterocycles. The normalized spacial score (nSPS) is 16.5. The van der Waals surface area contributed by atoms with Gasteiger partial charge in [-0.3, -0.25) is 4.79 Å². The van der Waals surface area contributed by atoms with Crippen molar-refractivity contribution >= 4 is 5.91 Å². The second kappa shape index (κ2) is 5.79. The molecule has 20 heavy (non-hydrogen) atoms. The van der Waals surface area contributed by atoms with Gasteiger partial charge in [-0.1, -0.05) is 20.8 Å². The van der Waals surface area contributed by atoms with E-state index in [9.17, 15) is 4.79 Å². The zero-order chi connectivity index (χ0) is 14.8. The summed E-state index contributed by atoms with van der Waals surface area (Å²) in [5.74, 6) is 0.0431. The first-order valence-corrected chi connectivity index (χ1v) is 7.04. The lowest BCUT2D eigenvalue weighted by Crippen LogP contribution is -2.47. The third-order valence-electron chi connectivity index (χ3n) is 3.85. The molecule has 0 saturated carbocycles. The lowest BCUT2D eigenvalue weighted by Gasteiger charge is -2.32. The first-order valence-electron chi connectivity index (χ1n) is 7.04. The summed E-state index contributed by atoms with van der Waals surface area (Å²) >= 11 is 0. The zero-order valence-electron chi connectivity index (χ0n) is 12.7. The minimum Gasteiger partial charge on any atom is -0.347 e. The highest BCUT2D eigenvalue weighted by molar-refractivity contribution is 5.94. The van der Waals surface area contributed by atoms with Crippen LogP contribution in [0.4, 0.5) is 0 Å². The van der Waals surface area contributed by atoms with Crippen molar-refractivity contribution in [3.05, 3.63) is 29.9 Å². The van der Waals surface area contributed by atoms with Gasteiger partial charge in [0.05, 0.1) is 12.4 Å². The molecule has 0 aromatic carbocycles. The number of carbonyl (C=O) groups is 1. The molecule has 2 rings (SSSR count). The van der Waals surface area contributed by atoms with Crippen LogP contribution in [-0.4, -0.2) is 34.6 Å². The van der Waals surface area contributed by atoms with Crippen LogP contribution in [0.2, 0.25) is 0 Å². The highest BCUT2D eigenvalue weighted by Crippen LogP contribution is 2.21. The number of nitrogens with one attached hydrogen (secondary N) is 2. The number of hydrogen-bond donors (Lipinski definition) is 2. The predicted molar refractivity (Wildman–Crippen MR) is 79.2 cm³/mol. The van der Waals surface area contributed by atoms with E-state index in [1.165, 1.54) is 5.57 Å². The van der Waals surface area contributed by atoms with Crippen molar-refractivity contribution in [1.82, 2.24) is 20.2 Å². The Bertz CT molecular complexity index is 490. The first-order chi connectivity index (χ1) is 9.38. The van der Waals surface area contributed by atoms with Crippen LogP contribution in [0, 0.1) is 5.41 Å². The fourth-order valence-electron chi connectivity index (χ4n) is 2.08. The Morgan fingerprint density at radius 2 is 2.20 bits per heavy atom. The maximum Gasteiger partial charge on any atom is 0.247 e. The van der Waals surface area contributed by atoms with Crippen LogP contribution in [0.15, 0.2) is 29.9 Å². The van der Waals surface area contributed by atoms with Gasteiger partial charge in [0.2, 0.25) is 5.91 Å². The van der Waals surface area contributed by atoms with Crippen LogP contribution >= 0.6 is 0 Å². The van der Waals surface area contributed by atoms with Crippen LogP contribution in [0.1, 0.15) is 27.7 Å². The van der Waals surface area contributed by atoms with E-state index < -0.39 is 0 Å². The third-order valence-corrected chi connectivity index (χ3v) is 3.85. The number of nitrogens with zero attached hydrogens (tertiary/aromatic N) is 2. The lowest BCUT2D eigenvalue weighted by atomic mass is 9.86. The summed E-state index contributed by atoms with van der Waals surface area (Å²) in [6, 6.07) is 0.0628. The third kappa shape index (κ3) is 3.48. The van der Waals surface area contributed by atoms with E-state index in [0.29, 0.717) is 0 Å². The summed E-state index contributed by atoms with van der Waals surface area (Å²) < 4.78 is 2.00. The Morgan fingerprint density at radius 1 is 1.50 bits per heavy atom. The minimum absolute atomic E-state index is 0.0112. The number of rotatable bonds is 4. The van der Waals surface area contributed by atoms with Crippen LogP contribution in [-0.2, 0) is 11.3 Å². The van der Waals surface area contributed by atoms with E-state index in [1.807, 2.05) is 17.7 Å². The molecule has 1 fully saturated rings. The molecule has 1 aromatic heterocycles. The van der Waals surface area contributed by atoms with E-state index in [0.717, 1.165) is 25.2 Å². The molecule has 1 aliphatic rings. The van der Waals surface area contributed by atoms with Crippen LogP contribution in [0.25, 0.3) is 0 Å². The van der Waals surface area contributed by atoms with Crippen LogP contribution < -0.4 is 10.6 Å². The SMILES string of the molecule is CC(C(=O)NC(Cn1ccnc1)C(C)(C)C)=C1CNC1. The Labute approximate surface area is 120 Å². The summed E-state index contributed by atoms with van der Waals surface area (Å²) in [7, 11) is 0. The van der Waals surface area contributed by atoms with Crippen molar-refractivity contribution in [2.75, 3.05) is 13.1 Å². The Balaban J connectivity index is 2.06. The molecule has 1 aliphatic heterocycles. The van der Waals surface area contributed by atoms with Crippen molar-refractivity contribution in [2.24, 2.45) is 5.41 Å². The van der Waals surface area contributed by atoms with Crippen molar-refractivity contribution in [3.63, 3.8) is 0 Å². The van der Waals surface area contributed by atoms with Gasteiger partial charge in [0.1, 0.15) is 0 Å². The Morgan fingerprint density at radius 3 is 2.65 bits per heavy atom. The van der Waals surface area contributed by atoms with Crippen molar-refractivity contribution in [3.8, 4) is 0 Å². The fraction of sp³-hybridized carbons (Fsp3) is 0.600. The van der Waals surface area contributed by atoms with Gasteiger partial charge in [0.15, 0.2) is 0 Å². The summed E-state index contributed by atoms with van der Waals surface area (Å²) in [5, 5.41) is 6.34. The number of amides is 1. The van der Waals surface area contributed by atoms with Gasteiger partial charge in [-0.15, -0.1) is 0 Å². The Hall–Kier alpha value is -1.62. The van der Waals surface area contributed by atoms with Crippen LogP contribution in [0.3, 0.4) is 0 Å². The van der Waals surface area contributed by atoms with Gasteiger partial charge in [-0.25, -0.2) is 4.98 Å². The standard InChI is InChI=1S/C15H24N4O/c1-11(12-7-17-8-12)14(20)18-13(15(2,3)4)9-19-6-5-16-10-19/h5-6,10,13,17H,7-9H2,1-4H3,(H,18,20). The van der Waals surface area contributed by atoms with Gasteiger partial charge in [0, 0.05) is 37.6 Å². The summed E-state index contributed by atoms with van der Waals surface area (Å²) in [6.45, 7) is 10.7. The van der Waals surface area contributed by atoms with Gasteiger partial charge >= 0.3 is 0 Å². The number of hydrogen-bond acceptors (Lipinski definition) is 3. The molecule has 2 N–H and O–H groups in total. The quantitative estimate of drug-likeness (QED) is 0.816. The minimum atomic E-state index is -0.0112. The number of imidazole rings is 1. The fourth-order valence-corrected chi connectivity index (χ4v) is 2.08. The topological polar surface area (TPSA) is 59.0 Å². The molecule has 1 aromatic rings. The molecule has 1 amide bonds. The van der Waals surface area contributed by atoms with Crippen molar-refractivity contribution in [2.45, 2.75) is 40.3 Å². The zero-order valence-corrected chi connectivity index (χ0v) is 12.7. The summed E-state index contributed by atoms with van der Waals surface area (Å²) in [4.78, 5) is 16.4. The van der Waals surface area contributed by atoms with E-state index in [-0.39, 0.29) is 17.4 Å². The average Bonchev–Trinajstić information content (AvgIpc) is 2.77. The molecule has 5 nitrogen and oxygen atoms in total. The molecule has 0 spiro atoms. The maximum atomic E-state index is 12.3. The van der Waals surface area contributed by atoms with E-state index in [4.69, 9.17) is 0 Å². The molecule has 0 aliphatic carbocycles. The molecule has 2 heterocycles. The van der Waals surface area contributed by atoms with E-state index in [1.54, 1.807) is 12.5 Å². The Kier molecular flexibility index (Phi) is 4.28. The first kappa shape index (κ1) is 14.8. The number of aromatic nitrogens is 2. The monoisotopic (exact) mass is 276 g/mol. The van der Waals surface area contributed by atoms with Gasteiger partial charge in [0.25, 0.3) is 0 Å². The number of carbonyl (C=O) groups excluding carboxylic acids is 1. The maximum absolute atomic E-state index is 12.3. The molecule has 110 valence electrons. The summed E-state index contributed by atoms with van der Waals surface area (Å²) in [5.41, 5.74) is 2.05. The van der Waals surface area contributed by atoms with Gasteiger partial charge in [-0.05, 0) is 17.9 Å². The summed E-state index contributed by atoms with van der Waals surface area (Å²) in [6.07, 6.45) is 5.47. The molecular formula is C15H24N4O.